The van der Waals surface area contributed by atoms with Crippen LogP contribution in [-0.4, -0.2) is 61.5 Å². The van der Waals surface area contributed by atoms with Crippen molar-refractivity contribution in [3.63, 3.8) is 0 Å². The Morgan fingerprint density at radius 2 is 2.04 bits per heavy atom. The van der Waals surface area contributed by atoms with Gasteiger partial charge in [0.05, 0.1) is 17.9 Å². The van der Waals surface area contributed by atoms with E-state index in [1.54, 1.807) is 18.1 Å². The zero-order valence-corrected chi connectivity index (χ0v) is 14.8. The van der Waals surface area contributed by atoms with Crippen LogP contribution in [0.1, 0.15) is 16.9 Å². The zero-order chi connectivity index (χ0) is 17.7. The van der Waals surface area contributed by atoms with Gasteiger partial charge in [-0.2, -0.15) is 0 Å². The third-order valence-corrected chi connectivity index (χ3v) is 8.09. The van der Waals surface area contributed by atoms with Crippen molar-refractivity contribution in [2.45, 2.75) is 11.2 Å². The lowest BCUT2D eigenvalue weighted by Crippen LogP contribution is -2.68. The van der Waals surface area contributed by atoms with Crippen LogP contribution in [0.15, 0.2) is 36.4 Å². The maximum Gasteiger partial charge on any atom is 0.272 e. The summed E-state index contributed by atoms with van der Waals surface area (Å²) in [5, 5.41) is 0.970. The van der Waals surface area contributed by atoms with Crippen LogP contribution in [0.4, 0.5) is 0 Å². The van der Waals surface area contributed by atoms with Gasteiger partial charge in [-0.05, 0) is 18.6 Å². The number of sulfone groups is 1. The molecule has 0 N–H and O–H groups in total. The van der Waals surface area contributed by atoms with E-state index in [0.29, 0.717) is 18.7 Å². The van der Waals surface area contributed by atoms with Gasteiger partial charge in [-0.25, -0.2) is 13.4 Å². The quantitative estimate of drug-likeness (QED) is 0.829. The van der Waals surface area contributed by atoms with Crippen molar-refractivity contribution in [1.29, 1.82) is 0 Å². The lowest BCUT2D eigenvalue weighted by Gasteiger charge is -2.49. The minimum Gasteiger partial charge on any atom is -0.384 e. The van der Waals surface area contributed by atoms with Crippen molar-refractivity contribution in [3.8, 4) is 0 Å². The van der Waals surface area contributed by atoms with E-state index in [0.717, 1.165) is 10.9 Å². The number of rotatable bonds is 3. The van der Waals surface area contributed by atoms with Crippen molar-refractivity contribution in [2.75, 3.05) is 32.6 Å². The lowest BCUT2D eigenvalue weighted by molar-refractivity contribution is 0.0332. The maximum atomic E-state index is 12.7. The van der Waals surface area contributed by atoms with Crippen LogP contribution in [0.25, 0.3) is 10.9 Å². The highest BCUT2D eigenvalue weighted by molar-refractivity contribution is 7.93. The molecule has 2 fully saturated rings. The summed E-state index contributed by atoms with van der Waals surface area (Å²) in [5.41, 5.74) is 1.11. The normalized spacial score (nSPS) is 23.7. The molecule has 0 saturated carbocycles. The minimum absolute atomic E-state index is 0.0453. The molecule has 1 atom stereocenters. The van der Waals surface area contributed by atoms with Crippen LogP contribution in [-0.2, 0) is 14.6 Å². The number of pyridine rings is 1. The topological polar surface area (TPSA) is 76.6 Å². The number of hydrogen-bond donors (Lipinski definition) is 0. The summed E-state index contributed by atoms with van der Waals surface area (Å²) >= 11 is 0. The first-order valence-electron chi connectivity index (χ1n) is 8.33. The molecule has 1 spiro atoms. The standard InChI is InChI=1S/C18H20N2O4S/c1-24-10-14-8-9-25(22,23)18(14)11-20(12-18)17(21)16-7-6-13-4-2-3-5-15(13)19-16/h2-7,14H,8-12H2,1H3. The summed E-state index contributed by atoms with van der Waals surface area (Å²) in [6.07, 6.45) is 0.604. The summed E-state index contributed by atoms with van der Waals surface area (Å²) in [7, 11) is -1.62. The first kappa shape index (κ1) is 16.5. The monoisotopic (exact) mass is 360 g/mol. The van der Waals surface area contributed by atoms with Crippen LogP contribution < -0.4 is 0 Å². The molecule has 2 aromatic rings. The lowest BCUT2D eigenvalue weighted by atomic mass is 9.83. The van der Waals surface area contributed by atoms with Crippen LogP contribution in [0.2, 0.25) is 0 Å². The van der Waals surface area contributed by atoms with Gasteiger partial charge in [-0.3, -0.25) is 4.79 Å². The molecule has 132 valence electrons. The first-order valence-corrected chi connectivity index (χ1v) is 9.98. The van der Waals surface area contributed by atoms with Crippen LogP contribution in [0.5, 0.6) is 0 Å². The van der Waals surface area contributed by atoms with Crippen molar-refractivity contribution >= 4 is 26.6 Å². The van der Waals surface area contributed by atoms with Gasteiger partial charge in [0.15, 0.2) is 9.84 Å². The van der Waals surface area contributed by atoms with E-state index in [1.807, 2.05) is 30.3 Å². The van der Waals surface area contributed by atoms with E-state index in [9.17, 15) is 13.2 Å². The van der Waals surface area contributed by atoms with Crippen LogP contribution in [0, 0.1) is 5.92 Å². The fraction of sp³-hybridized carbons (Fsp3) is 0.444. The largest absolute Gasteiger partial charge is 0.384 e. The van der Waals surface area contributed by atoms with E-state index >= 15 is 0 Å². The number of ether oxygens (including phenoxy) is 1. The van der Waals surface area contributed by atoms with Gasteiger partial charge in [-0.15, -0.1) is 0 Å². The Hall–Kier alpha value is -1.99. The predicted molar refractivity (Wildman–Crippen MR) is 94.1 cm³/mol. The van der Waals surface area contributed by atoms with Crippen molar-refractivity contribution in [1.82, 2.24) is 9.88 Å². The SMILES string of the molecule is COCC1CCS(=O)(=O)C12CN(C(=O)c1ccc3ccccc3n1)C2. The number of aromatic nitrogens is 1. The van der Waals surface area contributed by atoms with Crippen LogP contribution >= 0.6 is 0 Å². The Kier molecular flexibility index (Phi) is 3.81. The van der Waals surface area contributed by atoms with Gasteiger partial charge < -0.3 is 9.64 Å². The second kappa shape index (κ2) is 5.78. The molecule has 1 amide bonds. The molecule has 2 saturated heterocycles. The molecule has 0 bridgehead atoms. The highest BCUT2D eigenvalue weighted by Crippen LogP contribution is 2.45. The predicted octanol–water partition coefficient (Wildman–Crippen LogP) is 1.51. The minimum atomic E-state index is -3.20. The van der Waals surface area contributed by atoms with E-state index in [-0.39, 0.29) is 30.7 Å². The second-order valence-corrected chi connectivity index (χ2v) is 9.33. The average molecular weight is 360 g/mol. The number of carbonyl (C=O) groups excluding carboxylic acids is 1. The Bertz CT molecular complexity index is 935. The first-order chi connectivity index (χ1) is 12.0. The number of likely N-dealkylation sites (tertiary alicyclic amines) is 1. The fourth-order valence-corrected chi connectivity index (χ4v) is 6.40. The molecule has 2 aliphatic heterocycles. The molecule has 4 rings (SSSR count). The Morgan fingerprint density at radius 1 is 1.28 bits per heavy atom. The second-order valence-electron chi connectivity index (χ2n) is 6.87. The number of hydrogen-bond acceptors (Lipinski definition) is 5. The molecular formula is C18H20N2O4S. The zero-order valence-electron chi connectivity index (χ0n) is 14.0. The Labute approximate surface area is 146 Å². The van der Waals surface area contributed by atoms with Gasteiger partial charge in [0.25, 0.3) is 5.91 Å². The molecule has 7 heteroatoms. The number of fused-ring (bicyclic) bond motifs is 1. The smallest absolute Gasteiger partial charge is 0.272 e. The number of benzene rings is 1. The van der Waals surface area contributed by atoms with Gasteiger partial charge >= 0.3 is 0 Å². The number of methoxy groups -OCH3 is 1. The average Bonchev–Trinajstić information content (AvgIpc) is 2.83. The third kappa shape index (κ3) is 2.45. The van der Waals surface area contributed by atoms with Crippen LogP contribution in [0.3, 0.4) is 0 Å². The number of para-hydroxylation sites is 1. The summed E-state index contributed by atoms with van der Waals surface area (Å²) in [5.74, 6) is -0.0807. The van der Waals surface area contributed by atoms with Gasteiger partial charge in [-0.1, -0.05) is 24.3 Å². The molecule has 2 aliphatic rings. The number of carbonyl (C=O) groups is 1. The van der Waals surface area contributed by atoms with Gasteiger partial charge in [0, 0.05) is 31.5 Å². The van der Waals surface area contributed by atoms with E-state index < -0.39 is 14.6 Å². The highest BCUT2D eigenvalue weighted by Gasteiger charge is 2.62. The molecular weight excluding hydrogens is 340 g/mol. The summed E-state index contributed by atoms with van der Waals surface area (Å²) in [4.78, 5) is 18.7. The van der Waals surface area contributed by atoms with Crippen molar-refractivity contribution in [3.05, 3.63) is 42.1 Å². The summed E-state index contributed by atoms with van der Waals surface area (Å²) in [6.45, 7) is 0.878. The van der Waals surface area contributed by atoms with Gasteiger partial charge in [0.2, 0.25) is 0 Å². The maximum absolute atomic E-state index is 12.7. The van der Waals surface area contributed by atoms with E-state index in [2.05, 4.69) is 4.98 Å². The molecule has 6 nitrogen and oxygen atoms in total. The van der Waals surface area contributed by atoms with E-state index in [4.69, 9.17) is 4.74 Å². The molecule has 0 radical (unpaired) electrons. The van der Waals surface area contributed by atoms with Crippen molar-refractivity contribution in [2.24, 2.45) is 5.92 Å². The molecule has 1 aromatic heterocycles. The molecule has 3 heterocycles. The summed E-state index contributed by atoms with van der Waals surface area (Å²) < 4.78 is 29.4. The van der Waals surface area contributed by atoms with Gasteiger partial charge in [0.1, 0.15) is 10.4 Å². The Morgan fingerprint density at radius 3 is 2.80 bits per heavy atom. The number of amides is 1. The third-order valence-electron chi connectivity index (χ3n) is 5.49. The molecule has 0 aliphatic carbocycles. The summed E-state index contributed by atoms with van der Waals surface area (Å²) in [6, 6.07) is 11.2. The highest BCUT2D eigenvalue weighted by atomic mass is 32.2. The van der Waals surface area contributed by atoms with Crippen molar-refractivity contribution < 1.29 is 17.9 Å². The Balaban J connectivity index is 1.57. The molecule has 25 heavy (non-hydrogen) atoms. The molecule has 1 aromatic carbocycles. The fourth-order valence-electron chi connectivity index (χ4n) is 4.00. The van der Waals surface area contributed by atoms with E-state index in [1.165, 1.54) is 0 Å². The number of nitrogens with zero attached hydrogens (tertiary/aromatic N) is 2. The molecule has 1 unspecified atom stereocenters.